The molecule has 1 aromatic rings. The van der Waals surface area contributed by atoms with Gasteiger partial charge >= 0.3 is 0 Å². The molecule has 4 heterocycles. The second-order valence-electron chi connectivity index (χ2n) is 8.30. The number of aromatic nitrogens is 2. The van der Waals surface area contributed by atoms with E-state index in [1.54, 1.807) is 0 Å². The molecule has 150 valence electrons. The first-order chi connectivity index (χ1) is 13.2. The van der Waals surface area contributed by atoms with Crippen LogP contribution in [0.15, 0.2) is 12.4 Å². The van der Waals surface area contributed by atoms with Gasteiger partial charge in [0.1, 0.15) is 0 Å². The summed E-state index contributed by atoms with van der Waals surface area (Å²) in [6.07, 6.45) is 8.69. The van der Waals surface area contributed by atoms with Crippen LogP contribution in [0.1, 0.15) is 31.2 Å². The van der Waals surface area contributed by atoms with Crippen LogP contribution in [0.5, 0.6) is 0 Å². The molecule has 0 unspecified atom stereocenters. The number of carbonyl (C=O) groups is 1. The van der Waals surface area contributed by atoms with Gasteiger partial charge in [0.2, 0.25) is 5.91 Å². The number of morpholine rings is 1. The van der Waals surface area contributed by atoms with Crippen LogP contribution < -0.4 is 0 Å². The SMILES string of the molecule is Cn1cc(CN2CCC(N3CCC[C@H](C(=O)N4CCOCC4)C3)CC2)cn1. The quantitative estimate of drug-likeness (QED) is 0.785. The first-order valence-electron chi connectivity index (χ1n) is 10.5. The molecule has 1 atom stereocenters. The van der Waals surface area contributed by atoms with Gasteiger partial charge in [0.25, 0.3) is 0 Å². The summed E-state index contributed by atoms with van der Waals surface area (Å²) in [5.41, 5.74) is 1.30. The van der Waals surface area contributed by atoms with Crippen LogP contribution in [-0.4, -0.2) is 88.9 Å². The number of ether oxygens (including phenoxy) is 1. The van der Waals surface area contributed by atoms with E-state index in [1.165, 1.54) is 18.4 Å². The molecule has 0 saturated carbocycles. The molecule has 0 bridgehead atoms. The van der Waals surface area contributed by atoms with E-state index < -0.39 is 0 Å². The van der Waals surface area contributed by atoms with Gasteiger partial charge in [0.15, 0.2) is 0 Å². The van der Waals surface area contributed by atoms with Gasteiger partial charge < -0.3 is 9.64 Å². The molecule has 3 aliphatic heterocycles. The number of hydrogen-bond acceptors (Lipinski definition) is 5. The number of amides is 1. The second-order valence-corrected chi connectivity index (χ2v) is 8.30. The Morgan fingerprint density at radius 1 is 1.15 bits per heavy atom. The van der Waals surface area contributed by atoms with E-state index in [0.717, 1.165) is 58.7 Å². The second kappa shape index (κ2) is 8.71. The Labute approximate surface area is 162 Å². The molecule has 0 aromatic carbocycles. The van der Waals surface area contributed by atoms with Crippen molar-refractivity contribution in [3.63, 3.8) is 0 Å². The van der Waals surface area contributed by atoms with Crippen LogP contribution >= 0.6 is 0 Å². The maximum absolute atomic E-state index is 12.9. The van der Waals surface area contributed by atoms with Crippen molar-refractivity contribution in [1.29, 1.82) is 0 Å². The zero-order valence-electron chi connectivity index (χ0n) is 16.6. The summed E-state index contributed by atoms with van der Waals surface area (Å²) in [7, 11) is 1.97. The third-order valence-electron chi connectivity index (χ3n) is 6.36. The van der Waals surface area contributed by atoms with Crippen molar-refractivity contribution in [2.75, 3.05) is 52.5 Å². The van der Waals surface area contributed by atoms with Crippen molar-refractivity contribution in [2.24, 2.45) is 13.0 Å². The lowest BCUT2D eigenvalue weighted by atomic mass is 9.92. The summed E-state index contributed by atoms with van der Waals surface area (Å²) in [5.74, 6) is 0.544. The van der Waals surface area contributed by atoms with Crippen LogP contribution in [0.2, 0.25) is 0 Å². The minimum absolute atomic E-state index is 0.185. The smallest absolute Gasteiger partial charge is 0.227 e. The summed E-state index contributed by atoms with van der Waals surface area (Å²) in [6, 6.07) is 0.635. The Balaban J connectivity index is 1.26. The molecule has 3 fully saturated rings. The minimum atomic E-state index is 0.185. The van der Waals surface area contributed by atoms with Gasteiger partial charge in [-0.25, -0.2) is 0 Å². The van der Waals surface area contributed by atoms with Crippen LogP contribution in [0.4, 0.5) is 0 Å². The first kappa shape index (κ1) is 18.9. The number of nitrogens with zero attached hydrogens (tertiary/aromatic N) is 5. The van der Waals surface area contributed by atoms with Crippen LogP contribution in [-0.2, 0) is 23.1 Å². The normalized spacial score (nSPS) is 26.4. The highest BCUT2D eigenvalue weighted by Gasteiger charge is 2.33. The maximum atomic E-state index is 12.9. The Kier molecular flexibility index (Phi) is 6.10. The standard InChI is InChI=1S/C20H33N5O2/c1-22-14-17(13-21-22)15-23-7-4-19(5-8-23)25-6-2-3-18(16-25)20(26)24-9-11-27-12-10-24/h13-14,18-19H,2-12,15-16H2,1H3/t18-/m0/s1. The monoisotopic (exact) mass is 375 g/mol. The van der Waals surface area contributed by atoms with Gasteiger partial charge in [-0.2, -0.15) is 5.10 Å². The van der Waals surface area contributed by atoms with E-state index in [1.807, 2.05) is 22.8 Å². The molecule has 3 aliphatic rings. The molecule has 27 heavy (non-hydrogen) atoms. The third-order valence-corrected chi connectivity index (χ3v) is 6.36. The number of piperidine rings is 2. The molecule has 1 aromatic heterocycles. The lowest BCUT2D eigenvalue weighted by molar-refractivity contribution is -0.142. The molecule has 7 heteroatoms. The molecule has 1 amide bonds. The number of carbonyl (C=O) groups excluding carboxylic acids is 1. The van der Waals surface area contributed by atoms with Gasteiger partial charge in [-0.3, -0.25) is 19.3 Å². The zero-order chi connectivity index (χ0) is 18.6. The van der Waals surface area contributed by atoms with Gasteiger partial charge in [0, 0.05) is 51.0 Å². The summed E-state index contributed by atoms with van der Waals surface area (Å²) >= 11 is 0. The van der Waals surface area contributed by atoms with Crippen molar-refractivity contribution in [3.8, 4) is 0 Å². The highest BCUT2D eigenvalue weighted by atomic mass is 16.5. The van der Waals surface area contributed by atoms with E-state index >= 15 is 0 Å². The number of likely N-dealkylation sites (tertiary alicyclic amines) is 2. The Bertz CT molecular complexity index is 620. The van der Waals surface area contributed by atoms with Gasteiger partial charge in [-0.1, -0.05) is 0 Å². The average molecular weight is 376 g/mol. The maximum Gasteiger partial charge on any atom is 0.227 e. The van der Waals surface area contributed by atoms with Crippen molar-refractivity contribution >= 4 is 5.91 Å². The van der Waals surface area contributed by atoms with Crippen molar-refractivity contribution < 1.29 is 9.53 Å². The van der Waals surface area contributed by atoms with Crippen LogP contribution in [0, 0.1) is 5.92 Å². The number of rotatable bonds is 4. The van der Waals surface area contributed by atoms with Crippen molar-refractivity contribution in [1.82, 2.24) is 24.5 Å². The summed E-state index contributed by atoms with van der Waals surface area (Å²) < 4.78 is 7.27. The zero-order valence-corrected chi connectivity index (χ0v) is 16.6. The molecule has 0 spiro atoms. The highest BCUT2D eigenvalue weighted by molar-refractivity contribution is 5.79. The minimum Gasteiger partial charge on any atom is -0.378 e. The first-order valence-corrected chi connectivity index (χ1v) is 10.5. The van der Waals surface area contributed by atoms with E-state index in [0.29, 0.717) is 25.2 Å². The topological polar surface area (TPSA) is 53.8 Å². The van der Waals surface area contributed by atoms with Crippen molar-refractivity contribution in [3.05, 3.63) is 18.0 Å². The van der Waals surface area contributed by atoms with Gasteiger partial charge in [0.05, 0.1) is 25.3 Å². The Hall–Kier alpha value is -1.44. The van der Waals surface area contributed by atoms with E-state index in [-0.39, 0.29) is 5.92 Å². The molecule has 3 saturated heterocycles. The molecule has 0 radical (unpaired) electrons. The fraction of sp³-hybridized carbons (Fsp3) is 0.800. The molecule has 4 rings (SSSR count). The highest BCUT2D eigenvalue weighted by Crippen LogP contribution is 2.26. The summed E-state index contributed by atoms with van der Waals surface area (Å²) in [5, 5.41) is 4.27. The van der Waals surface area contributed by atoms with E-state index in [9.17, 15) is 4.79 Å². The molecular weight excluding hydrogens is 342 g/mol. The molecule has 0 N–H and O–H groups in total. The number of aryl methyl sites for hydroxylation is 1. The summed E-state index contributed by atoms with van der Waals surface area (Å²) in [6.45, 7) is 8.29. The van der Waals surface area contributed by atoms with E-state index in [4.69, 9.17) is 4.74 Å². The molecular formula is C20H33N5O2. The lowest BCUT2D eigenvalue weighted by Crippen LogP contribution is -2.52. The Morgan fingerprint density at radius 2 is 1.93 bits per heavy atom. The molecule has 7 nitrogen and oxygen atoms in total. The summed E-state index contributed by atoms with van der Waals surface area (Å²) in [4.78, 5) is 20.0. The predicted molar refractivity (Wildman–Crippen MR) is 103 cm³/mol. The Morgan fingerprint density at radius 3 is 2.63 bits per heavy atom. The average Bonchev–Trinajstić information content (AvgIpc) is 3.13. The van der Waals surface area contributed by atoms with Gasteiger partial charge in [-0.15, -0.1) is 0 Å². The predicted octanol–water partition coefficient (Wildman–Crippen LogP) is 0.955. The largest absolute Gasteiger partial charge is 0.378 e. The fourth-order valence-electron chi connectivity index (χ4n) is 4.84. The van der Waals surface area contributed by atoms with Crippen LogP contribution in [0.25, 0.3) is 0 Å². The number of hydrogen-bond donors (Lipinski definition) is 0. The molecule has 0 aliphatic carbocycles. The van der Waals surface area contributed by atoms with Crippen LogP contribution in [0.3, 0.4) is 0 Å². The lowest BCUT2D eigenvalue weighted by Gasteiger charge is -2.43. The van der Waals surface area contributed by atoms with Gasteiger partial charge in [-0.05, 0) is 45.3 Å². The van der Waals surface area contributed by atoms with Crippen molar-refractivity contribution in [2.45, 2.75) is 38.3 Å². The van der Waals surface area contributed by atoms with E-state index in [2.05, 4.69) is 21.1 Å². The fourth-order valence-corrected chi connectivity index (χ4v) is 4.84. The third kappa shape index (κ3) is 4.70.